The number of nitrogens with one attached hydrogen (secondary N) is 1. The Hall–Kier alpha value is -0.940. The molecule has 1 aliphatic heterocycles. The number of hydrogen-bond donors (Lipinski definition) is 1. The second-order valence-electron chi connectivity index (χ2n) is 3.47. The first-order valence-corrected chi connectivity index (χ1v) is 5.27. The van der Waals surface area contributed by atoms with Crippen molar-refractivity contribution in [2.45, 2.75) is 25.4 Å². The largest absolute Gasteiger partial charge is 0.385 e. The highest BCUT2D eigenvalue weighted by molar-refractivity contribution is 7.80. The SMILES string of the molecule is C=CC(C)N1C(=O)C(CCOC)NC1=S. The molecule has 1 N–H and O–H groups in total. The Balaban J connectivity index is 2.66. The van der Waals surface area contributed by atoms with E-state index in [1.807, 2.05) is 6.92 Å². The number of hydrogen-bond acceptors (Lipinski definition) is 3. The molecule has 84 valence electrons. The lowest BCUT2D eigenvalue weighted by atomic mass is 10.2. The third kappa shape index (κ3) is 2.54. The van der Waals surface area contributed by atoms with E-state index in [0.717, 1.165) is 0 Å². The first kappa shape index (κ1) is 12.1. The summed E-state index contributed by atoms with van der Waals surface area (Å²) in [5.74, 6) is 0.00412. The Kier molecular flexibility index (Phi) is 4.23. The van der Waals surface area contributed by atoms with Gasteiger partial charge in [0.15, 0.2) is 5.11 Å². The maximum Gasteiger partial charge on any atom is 0.251 e. The minimum atomic E-state index is -0.250. The maximum atomic E-state index is 11.9. The van der Waals surface area contributed by atoms with Gasteiger partial charge in [0.2, 0.25) is 0 Å². The van der Waals surface area contributed by atoms with Crippen LogP contribution in [-0.2, 0) is 9.53 Å². The van der Waals surface area contributed by atoms with Crippen molar-refractivity contribution in [3.8, 4) is 0 Å². The predicted molar refractivity (Wildman–Crippen MR) is 62.5 cm³/mol. The van der Waals surface area contributed by atoms with E-state index >= 15 is 0 Å². The van der Waals surface area contributed by atoms with Crippen molar-refractivity contribution in [1.29, 1.82) is 0 Å². The minimum absolute atomic E-state index is 0.00412. The molecule has 1 saturated heterocycles. The van der Waals surface area contributed by atoms with Crippen LogP contribution in [0.3, 0.4) is 0 Å². The number of methoxy groups -OCH3 is 1. The molecule has 0 bridgehead atoms. The summed E-state index contributed by atoms with van der Waals surface area (Å²) in [5, 5.41) is 3.46. The Morgan fingerprint density at radius 2 is 2.47 bits per heavy atom. The molecule has 15 heavy (non-hydrogen) atoms. The van der Waals surface area contributed by atoms with Crippen molar-refractivity contribution in [2.24, 2.45) is 0 Å². The van der Waals surface area contributed by atoms with Crippen LogP contribution in [0, 0.1) is 0 Å². The first-order valence-electron chi connectivity index (χ1n) is 4.87. The van der Waals surface area contributed by atoms with Crippen molar-refractivity contribution in [1.82, 2.24) is 10.2 Å². The van der Waals surface area contributed by atoms with Gasteiger partial charge in [-0.15, -0.1) is 6.58 Å². The number of amides is 1. The molecule has 0 aliphatic carbocycles. The van der Waals surface area contributed by atoms with Crippen LogP contribution in [0.2, 0.25) is 0 Å². The molecule has 0 aromatic rings. The normalized spacial score (nSPS) is 22.8. The van der Waals surface area contributed by atoms with E-state index in [4.69, 9.17) is 17.0 Å². The van der Waals surface area contributed by atoms with Crippen LogP contribution in [-0.4, -0.2) is 41.7 Å². The molecule has 0 radical (unpaired) electrons. The summed E-state index contributed by atoms with van der Waals surface area (Å²) in [6.07, 6.45) is 2.33. The van der Waals surface area contributed by atoms with Crippen molar-refractivity contribution in [3.63, 3.8) is 0 Å². The van der Waals surface area contributed by atoms with Gasteiger partial charge < -0.3 is 10.1 Å². The van der Waals surface area contributed by atoms with Crippen LogP contribution in [0.1, 0.15) is 13.3 Å². The molecule has 0 aromatic carbocycles. The van der Waals surface area contributed by atoms with Crippen LogP contribution in [0.15, 0.2) is 12.7 Å². The minimum Gasteiger partial charge on any atom is -0.385 e. The summed E-state index contributed by atoms with van der Waals surface area (Å²) in [5.41, 5.74) is 0. The summed E-state index contributed by atoms with van der Waals surface area (Å²) in [4.78, 5) is 13.5. The summed E-state index contributed by atoms with van der Waals surface area (Å²) < 4.78 is 4.94. The average Bonchev–Trinajstić information content (AvgIpc) is 2.50. The molecule has 4 nitrogen and oxygen atoms in total. The fraction of sp³-hybridized carbons (Fsp3) is 0.600. The van der Waals surface area contributed by atoms with Crippen LogP contribution < -0.4 is 5.32 Å². The number of carbonyl (C=O) groups excluding carboxylic acids is 1. The van der Waals surface area contributed by atoms with Gasteiger partial charge in [-0.1, -0.05) is 6.08 Å². The Bertz CT molecular complexity index is 281. The van der Waals surface area contributed by atoms with Crippen molar-refractivity contribution >= 4 is 23.2 Å². The average molecular weight is 228 g/mol. The molecular formula is C10H16N2O2S. The number of carbonyl (C=O) groups is 1. The molecule has 2 unspecified atom stereocenters. The number of ether oxygens (including phenoxy) is 1. The lowest BCUT2D eigenvalue weighted by Gasteiger charge is -2.19. The van der Waals surface area contributed by atoms with Crippen molar-refractivity contribution < 1.29 is 9.53 Å². The summed E-state index contributed by atoms with van der Waals surface area (Å²) in [6, 6.07) is -0.315. The van der Waals surface area contributed by atoms with Gasteiger partial charge in [0, 0.05) is 13.7 Å². The maximum absolute atomic E-state index is 11.9. The van der Waals surface area contributed by atoms with Gasteiger partial charge in [0.25, 0.3) is 5.91 Å². The lowest BCUT2D eigenvalue weighted by Crippen LogP contribution is -2.37. The third-order valence-corrected chi connectivity index (χ3v) is 2.73. The van der Waals surface area contributed by atoms with Gasteiger partial charge in [0.05, 0.1) is 6.04 Å². The van der Waals surface area contributed by atoms with Crippen LogP contribution >= 0.6 is 12.2 Å². The van der Waals surface area contributed by atoms with Crippen LogP contribution in [0.25, 0.3) is 0 Å². The fourth-order valence-corrected chi connectivity index (χ4v) is 1.87. The smallest absolute Gasteiger partial charge is 0.251 e. The van der Waals surface area contributed by atoms with Crippen LogP contribution in [0.5, 0.6) is 0 Å². The molecule has 1 amide bonds. The molecular weight excluding hydrogens is 212 g/mol. The van der Waals surface area contributed by atoms with Gasteiger partial charge in [-0.05, 0) is 25.6 Å². The second kappa shape index (κ2) is 5.23. The zero-order chi connectivity index (χ0) is 11.4. The highest BCUT2D eigenvalue weighted by atomic mass is 32.1. The molecule has 1 fully saturated rings. The molecule has 1 heterocycles. The molecule has 5 heteroatoms. The number of rotatable bonds is 5. The predicted octanol–water partition coefficient (Wildman–Crippen LogP) is 0.683. The van der Waals surface area contributed by atoms with E-state index in [-0.39, 0.29) is 18.0 Å². The lowest BCUT2D eigenvalue weighted by molar-refractivity contribution is -0.128. The molecule has 1 aliphatic rings. The fourth-order valence-electron chi connectivity index (χ4n) is 1.47. The van der Waals surface area contributed by atoms with Gasteiger partial charge in [0.1, 0.15) is 6.04 Å². The summed E-state index contributed by atoms with van der Waals surface area (Å²) in [6.45, 7) is 6.09. The zero-order valence-electron chi connectivity index (χ0n) is 9.03. The van der Waals surface area contributed by atoms with Crippen LogP contribution in [0.4, 0.5) is 0 Å². The van der Waals surface area contributed by atoms with E-state index in [2.05, 4.69) is 11.9 Å². The van der Waals surface area contributed by atoms with Gasteiger partial charge in [-0.3, -0.25) is 9.69 Å². The van der Waals surface area contributed by atoms with E-state index < -0.39 is 0 Å². The Morgan fingerprint density at radius 3 is 3.00 bits per heavy atom. The standard InChI is InChI=1S/C10H16N2O2S/c1-4-7(2)12-9(13)8(5-6-14-3)11-10(12)15/h4,7-8H,1,5-6H2,2-3H3,(H,11,15). The monoisotopic (exact) mass is 228 g/mol. The van der Waals surface area contributed by atoms with E-state index in [1.54, 1.807) is 18.1 Å². The van der Waals surface area contributed by atoms with Gasteiger partial charge in [-0.25, -0.2) is 0 Å². The summed E-state index contributed by atoms with van der Waals surface area (Å²) in [7, 11) is 1.61. The summed E-state index contributed by atoms with van der Waals surface area (Å²) >= 11 is 5.09. The number of thiocarbonyl (C=S) groups is 1. The zero-order valence-corrected chi connectivity index (χ0v) is 9.84. The Labute approximate surface area is 95.3 Å². The Morgan fingerprint density at radius 1 is 1.80 bits per heavy atom. The van der Waals surface area contributed by atoms with Gasteiger partial charge >= 0.3 is 0 Å². The highest BCUT2D eigenvalue weighted by Crippen LogP contribution is 2.13. The molecule has 0 saturated carbocycles. The van der Waals surface area contributed by atoms with Crippen molar-refractivity contribution in [2.75, 3.05) is 13.7 Å². The molecule has 2 atom stereocenters. The first-order chi connectivity index (χ1) is 7.11. The van der Waals surface area contributed by atoms with E-state index in [0.29, 0.717) is 18.1 Å². The van der Waals surface area contributed by atoms with E-state index in [9.17, 15) is 4.79 Å². The molecule has 1 rings (SSSR count). The topological polar surface area (TPSA) is 41.6 Å². The highest BCUT2D eigenvalue weighted by Gasteiger charge is 2.36. The quantitative estimate of drug-likeness (QED) is 0.555. The third-order valence-electron chi connectivity index (χ3n) is 2.41. The second-order valence-corrected chi connectivity index (χ2v) is 3.85. The molecule has 0 aromatic heterocycles. The molecule has 0 spiro atoms. The van der Waals surface area contributed by atoms with E-state index in [1.165, 1.54) is 0 Å². The number of nitrogens with zero attached hydrogens (tertiary/aromatic N) is 1. The van der Waals surface area contributed by atoms with Crippen molar-refractivity contribution in [3.05, 3.63) is 12.7 Å². The van der Waals surface area contributed by atoms with Gasteiger partial charge in [-0.2, -0.15) is 0 Å².